The molecule has 0 spiro atoms. The maximum atomic E-state index is 13.2. The van der Waals surface area contributed by atoms with E-state index in [1.54, 1.807) is 24.3 Å². The van der Waals surface area contributed by atoms with Crippen LogP contribution >= 0.6 is 0 Å². The van der Waals surface area contributed by atoms with Crippen LogP contribution in [0.15, 0.2) is 72.8 Å². The number of aromatic hydroxyl groups is 1. The summed E-state index contributed by atoms with van der Waals surface area (Å²) in [7, 11) is 0. The van der Waals surface area contributed by atoms with Crippen LogP contribution in [-0.2, 0) is 10.8 Å². The average Bonchev–Trinajstić information content (AvgIpc) is 3.07. The lowest BCUT2D eigenvalue weighted by Crippen LogP contribution is -2.25. The zero-order valence-electron chi connectivity index (χ0n) is 28.5. The number of nitrogens with zero attached hydrogens (tertiary/aromatic N) is 1. The maximum absolute atomic E-state index is 13.2. The zero-order chi connectivity index (χ0) is 35.1. The highest BCUT2D eigenvalue weighted by Crippen LogP contribution is 2.39. The van der Waals surface area contributed by atoms with Crippen molar-refractivity contribution >= 4 is 34.1 Å². The predicted molar refractivity (Wildman–Crippen MR) is 188 cm³/mol. The van der Waals surface area contributed by atoms with E-state index in [1.165, 1.54) is 41.5 Å². The van der Waals surface area contributed by atoms with Gasteiger partial charge in [0.1, 0.15) is 17.2 Å². The number of non-ortho nitro benzene ring substituents is 1. The number of nitro groups is 1. The second kappa shape index (κ2) is 15.2. The summed E-state index contributed by atoms with van der Waals surface area (Å²) in [6.45, 7) is 14.2. The number of nitro benzene ring substituents is 1. The number of carbonyl (C=O) groups excluding carboxylic acids is 2. The van der Waals surface area contributed by atoms with Crippen LogP contribution in [0.3, 0.4) is 0 Å². The standard InChI is InChI=1S/C38H45N3O7/c1-7-37(3,4)25-15-20-32(31(23-25)38(5,6)8-2)47-22-12-11-21-39-35(43)30-24-33(28-13-9-10-14-29(28)34(30)42)48-36(44)40-26-16-18-27(19-17-26)41(45)46/h9-10,13-20,23-24,42H,7-8,11-12,21-22H2,1-6H3,(H,39,43)(H,40,44). The molecule has 0 saturated carbocycles. The van der Waals surface area contributed by atoms with Crippen molar-refractivity contribution in [3.8, 4) is 17.2 Å². The van der Waals surface area contributed by atoms with E-state index in [0.29, 0.717) is 42.5 Å². The molecule has 0 atom stereocenters. The molecule has 0 saturated heterocycles. The Bertz CT molecular complexity index is 1780. The van der Waals surface area contributed by atoms with E-state index in [4.69, 9.17) is 9.47 Å². The van der Waals surface area contributed by atoms with Crippen LogP contribution in [-0.4, -0.2) is 35.2 Å². The van der Waals surface area contributed by atoms with Crippen molar-refractivity contribution < 1.29 is 29.1 Å². The van der Waals surface area contributed by atoms with Gasteiger partial charge in [0.05, 0.1) is 17.1 Å². The van der Waals surface area contributed by atoms with Gasteiger partial charge < -0.3 is 19.9 Å². The van der Waals surface area contributed by atoms with E-state index < -0.39 is 16.9 Å². The van der Waals surface area contributed by atoms with Crippen molar-refractivity contribution in [1.82, 2.24) is 5.32 Å². The van der Waals surface area contributed by atoms with Crippen LogP contribution in [0, 0.1) is 10.1 Å². The monoisotopic (exact) mass is 655 g/mol. The Balaban J connectivity index is 1.38. The predicted octanol–water partition coefficient (Wildman–Crippen LogP) is 9.03. The first kappa shape index (κ1) is 35.7. The molecule has 0 bridgehead atoms. The summed E-state index contributed by atoms with van der Waals surface area (Å²) >= 11 is 0. The summed E-state index contributed by atoms with van der Waals surface area (Å²) in [5.74, 6) is 0.213. The highest BCUT2D eigenvalue weighted by molar-refractivity contribution is 6.06. The van der Waals surface area contributed by atoms with E-state index in [-0.39, 0.29) is 33.6 Å². The van der Waals surface area contributed by atoms with Gasteiger partial charge in [0, 0.05) is 40.7 Å². The van der Waals surface area contributed by atoms with Gasteiger partial charge in [0.2, 0.25) is 0 Å². The first-order valence-electron chi connectivity index (χ1n) is 16.3. The summed E-state index contributed by atoms with van der Waals surface area (Å²) in [4.78, 5) is 36.3. The summed E-state index contributed by atoms with van der Waals surface area (Å²) < 4.78 is 11.8. The fourth-order valence-corrected chi connectivity index (χ4v) is 5.20. The van der Waals surface area contributed by atoms with E-state index in [2.05, 4.69) is 70.4 Å². The highest BCUT2D eigenvalue weighted by Gasteiger charge is 2.27. The molecule has 48 heavy (non-hydrogen) atoms. The number of carbonyl (C=O) groups is 2. The van der Waals surface area contributed by atoms with E-state index in [0.717, 1.165) is 18.6 Å². The van der Waals surface area contributed by atoms with Crippen molar-refractivity contribution in [2.45, 2.75) is 78.1 Å². The Kier molecular flexibility index (Phi) is 11.3. The molecule has 0 aliphatic rings. The highest BCUT2D eigenvalue weighted by atomic mass is 16.6. The maximum Gasteiger partial charge on any atom is 0.417 e. The Labute approximate surface area is 281 Å². The molecule has 0 fully saturated rings. The molecule has 4 aromatic rings. The third kappa shape index (κ3) is 8.42. The second-order valence-electron chi connectivity index (χ2n) is 13.1. The lowest BCUT2D eigenvalue weighted by atomic mass is 9.76. The summed E-state index contributed by atoms with van der Waals surface area (Å²) in [6, 6.07) is 19.8. The number of phenolic OH excluding ortho intramolecular Hbond substituents is 1. The molecule has 3 N–H and O–H groups in total. The quantitative estimate of drug-likeness (QED) is 0.0699. The minimum Gasteiger partial charge on any atom is -0.506 e. The largest absolute Gasteiger partial charge is 0.506 e. The molecule has 0 aliphatic carbocycles. The fraction of sp³-hybridized carbons (Fsp3) is 0.368. The lowest BCUT2D eigenvalue weighted by molar-refractivity contribution is -0.384. The molecule has 10 nitrogen and oxygen atoms in total. The Morgan fingerprint density at radius 3 is 2.17 bits per heavy atom. The summed E-state index contributed by atoms with van der Waals surface area (Å²) in [6.07, 6.45) is 2.50. The Morgan fingerprint density at radius 1 is 0.854 bits per heavy atom. The Hall–Kier alpha value is -5.12. The number of benzene rings is 4. The van der Waals surface area contributed by atoms with Crippen molar-refractivity contribution in [3.05, 3.63) is 99.6 Å². The van der Waals surface area contributed by atoms with Crippen LogP contribution in [0.4, 0.5) is 16.2 Å². The van der Waals surface area contributed by atoms with E-state index >= 15 is 0 Å². The van der Waals surface area contributed by atoms with Gasteiger partial charge in [0.15, 0.2) is 0 Å². The van der Waals surface area contributed by atoms with Crippen LogP contribution in [0.25, 0.3) is 10.8 Å². The van der Waals surface area contributed by atoms with Gasteiger partial charge in [0.25, 0.3) is 11.6 Å². The molecule has 254 valence electrons. The zero-order valence-corrected chi connectivity index (χ0v) is 28.5. The summed E-state index contributed by atoms with van der Waals surface area (Å²) in [5, 5.41) is 28.0. The van der Waals surface area contributed by atoms with Gasteiger partial charge in [-0.25, -0.2) is 4.79 Å². The van der Waals surface area contributed by atoms with Crippen molar-refractivity contribution in [2.75, 3.05) is 18.5 Å². The smallest absolute Gasteiger partial charge is 0.417 e. The second-order valence-corrected chi connectivity index (χ2v) is 13.1. The van der Waals surface area contributed by atoms with Crippen LogP contribution in [0.1, 0.15) is 88.7 Å². The topological polar surface area (TPSA) is 140 Å². The molecule has 4 rings (SSSR count). The summed E-state index contributed by atoms with van der Waals surface area (Å²) in [5.41, 5.74) is 2.66. The number of phenols is 1. The minimum atomic E-state index is -0.861. The van der Waals surface area contributed by atoms with Crippen LogP contribution < -0.4 is 20.1 Å². The van der Waals surface area contributed by atoms with Gasteiger partial charge in [-0.1, -0.05) is 77.9 Å². The lowest BCUT2D eigenvalue weighted by Gasteiger charge is -2.30. The minimum absolute atomic E-state index is 0.0374. The van der Waals surface area contributed by atoms with Crippen LogP contribution in [0.2, 0.25) is 0 Å². The number of hydrogen-bond acceptors (Lipinski definition) is 7. The number of rotatable bonds is 14. The fourth-order valence-electron chi connectivity index (χ4n) is 5.20. The van der Waals surface area contributed by atoms with Crippen molar-refractivity contribution in [3.63, 3.8) is 0 Å². The molecule has 10 heteroatoms. The van der Waals surface area contributed by atoms with Gasteiger partial charge in [-0.2, -0.15) is 0 Å². The molecule has 2 amide bonds. The third-order valence-corrected chi connectivity index (χ3v) is 9.12. The van der Waals surface area contributed by atoms with Gasteiger partial charge >= 0.3 is 6.09 Å². The number of hydrogen-bond donors (Lipinski definition) is 3. The molecular weight excluding hydrogens is 610 g/mol. The number of ether oxygens (including phenoxy) is 2. The molecule has 4 aromatic carbocycles. The first-order chi connectivity index (χ1) is 22.8. The van der Waals surface area contributed by atoms with Crippen LogP contribution in [0.5, 0.6) is 17.2 Å². The number of amides is 2. The molecule has 0 aromatic heterocycles. The van der Waals surface area contributed by atoms with Crippen molar-refractivity contribution in [1.29, 1.82) is 0 Å². The van der Waals surface area contributed by atoms with Gasteiger partial charge in [-0.3, -0.25) is 20.2 Å². The van der Waals surface area contributed by atoms with Crippen molar-refractivity contribution in [2.24, 2.45) is 0 Å². The molecule has 0 unspecified atom stereocenters. The average molecular weight is 656 g/mol. The van der Waals surface area contributed by atoms with E-state index in [9.17, 15) is 24.8 Å². The normalized spacial score (nSPS) is 11.6. The number of nitrogens with one attached hydrogen (secondary N) is 2. The third-order valence-electron chi connectivity index (χ3n) is 9.12. The first-order valence-corrected chi connectivity index (χ1v) is 16.3. The number of fused-ring (bicyclic) bond motifs is 1. The SMILES string of the molecule is CCC(C)(C)c1ccc(OCCCCNC(=O)c2cc(OC(=O)Nc3ccc([N+](=O)[O-])cc3)c3ccccc3c2O)c(C(C)(C)CC)c1. The van der Waals surface area contributed by atoms with Gasteiger partial charge in [-0.05, 0) is 66.3 Å². The number of anilines is 1. The Morgan fingerprint density at radius 2 is 1.52 bits per heavy atom. The molecule has 0 aliphatic heterocycles. The van der Waals surface area contributed by atoms with Gasteiger partial charge in [-0.15, -0.1) is 0 Å². The van der Waals surface area contributed by atoms with E-state index in [1.807, 2.05) is 0 Å². The molecule has 0 heterocycles. The molecule has 0 radical (unpaired) electrons. The number of unbranched alkanes of at least 4 members (excludes halogenated alkanes) is 1. The molecular formula is C38H45N3O7.